The van der Waals surface area contributed by atoms with Gasteiger partial charge in [-0.25, -0.2) is 0 Å². The lowest BCUT2D eigenvalue weighted by Crippen LogP contribution is -2.29. The summed E-state index contributed by atoms with van der Waals surface area (Å²) in [5, 5.41) is 0. The molecule has 0 amide bonds. The van der Waals surface area contributed by atoms with Gasteiger partial charge < -0.3 is 4.74 Å². The smallest absolute Gasteiger partial charge is 0.108 e. The summed E-state index contributed by atoms with van der Waals surface area (Å²) >= 11 is 0. The van der Waals surface area contributed by atoms with Gasteiger partial charge in [0, 0.05) is 6.04 Å². The van der Waals surface area contributed by atoms with Crippen molar-refractivity contribution in [3.63, 3.8) is 0 Å². The van der Waals surface area contributed by atoms with E-state index in [1.54, 1.807) is 0 Å². The van der Waals surface area contributed by atoms with Crippen LogP contribution >= 0.6 is 0 Å². The SMILES string of the molecule is C[C@@H]1O[C@H](c2ccccc2)[C@@H](C)N1C. The molecule has 14 heavy (non-hydrogen) atoms. The quantitative estimate of drug-likeness (QED) is 0.676. The fourth-order valence-electron chi connectivity index (χ4n) is 1.97. The maximum Gasteiger partial charge on any atom is 0.108 e. The van der Waals surface area contributed by atoms with E-state index in [1.807, 2.05) is 6.07 Å². The Bertz CT molecular complexity index is 298. The van der Waals surface area contributed by atoms with Gasteiger partial charge >= 0.3 is 0 Å². The average Bonchev–Trinajstić information content (AvgIpc) is 2.47. The summed E-state index contributed by atoms with van der Waals surface area (Å²) in [4.78, 5) is 2.26. The van der Waals surface area contributed by atoms with Gasteiger partial charge in [0.05, 0.1) is 6.10 Å². The van der Waals surface area contributed by atoms with Crippen molar-refractivity contribution in [3.05, 3.63) is 35.9 Å². The van der Waals surface area contributed by atoms with Crippen molar-refractivity contribution in [2.75, 3.05) is 7.05 Å². The first-order chi connectivity index (χ1) is 6.70. The number of ether oxygens (including phenoxy) is 1. The van der Waals surface area contributed by atoms with Crippen LogP contribution in [0.2, 0.25) is 0 Å². The van der Waals surface area contributed by atoms with Gasteiger partial charge in [-0.3, -0.25) is 4.90 Å². The largest absolute Gasteiger partial charge is 0.354 e. The number of benzene rings is 1. The number of nitrogens with zero attached hydrogens (tertiary/aromatic N) is 1. The van der Waals surface area contributed by atoms with Crippen molar-refractivity contribution in [1.29, 1.82) is 0 Å². The third-order valence-corrected chi connectivity index (χ3v) is 3.13. The molecule has 0 unspecified atom stereocenters. The minimum absolute atomic E-state index is 0.218. The molecular weight excluding hydrogens is 174 g/mol. The predicted octanol–water partition coefficient (Wildman–Crippen LogP) is 2.42. The minimum atomic E-state index is 0.218. The third kappa shape index (κ3) is 1.56. The molecule has 1 aliphatic rings. The summed E-state index contributed by atoms with van der Waals surface area (Å²) in [6, 6.07) is 10.9. The predicted molar refractivity (Wildman–Crippen MR) is 57.0 cm³/mol. The van der Waals surface area contributed by atoms with Crippen LogP contribution in [0.4, 0.5) is 0 Å². The highest BCUT2D eigenvalue weighted by atomic mass is 16.5. The van der Waals surface area contributed by atoms with Crippen LogP contribution in [0.3, 0.4) is 0 Å². The molecule has 0 N–H and O–H groups in total. The molecule has 3 atom stereocenters. The number of likely N-dealkylation sites (N-methyl/N-ethyl adjacent to an activating group) is 1. The summed E-state index contributed by atoms with van der Waals surface area (Å²) in [6.45, 7) is 4.31. The summed E-state index contributed by atoms with van der Waals surface area (Å²) in [7, 11) is 2.11. The second-order valence-electron chi connectivity index (χ2n) is 3.97. The molecule has 1 saturated heterocycles. The van der Waals surface area contributed by atoms with Crippen LogP contribution in [-0.4, -0.2) is 24.2 Å². The first kappa shape index (κ1) is 9.69. The molecule has 0 aromatic heterocycles. The first-order valence-electron chi connectivity index (χ1n) is 5.12. The lowest BCUT2D eigenvalue weighted by Gasteiger charge is -2.18. The summed E-state index contributed by atoms with van der Waals surface area (Å²) in [5.41, 5.74) is 1.27. The zero-order valence-electron chi connectivity index (χ0n) is 8.97. The summed E-state index contributed by atoms with van der Waals surface area (Å²) in [5.74, 6) is 0. The van der Waals surface area contributed by atoms with E-state index in [0.29, 0.717) is 6.04 Å². The van der Waals surface area contributed by atoms with Crippen LogP contribution in [0.1, 0.15) is 25.5 Å². The second kappa shape index (κ2) is 3.71. The molecule has 0 bridgehead atoms. The zero-order chi connectivity index (χ0) is 10.1. The van der Waals surface area contributed by atoms with Crippen LogP contribution in [0.5, 0.6) is 0 Å². The summed E-state index contributed by atoms with van der Waals surface area (Å²) < 4.78 is 5.90. The highest BCUT2D eigenvalue weighted by Crippen LogP contribution is 2.32. The number of hydrogen-bond donors (Lipinski definition) is 0. The second-order valence-corrected chi connectivity index (χ2v) is 3.97. The summed E-state index contributed by atoms with van der Waals surface area (Å²) in [6.07, 6.45) is 0.436. The topological polar surface area (TPSA) is 12.5 Å². The molecule has 1 fully saturated rings. The van der Waals surface area contributed by atoms with Gasteiger partial charge in [0.25, 0.3) is 0 Å². The van der Waals surface area contributed by atoms with Crippen LogP contribution < -0.4 is 0 Å². The zero-order valence-corrected chi connectivity index (χ0v) is 8.97. The molecular formula is C12H17NO. The van der Waals surface area contributed by atoms with Gasteiger partial charge in [-0.1, -0.05) is 30.3 Å². The maximum absolute atomic E-state index is 5.90. The Balaban J connectivity index is 2.21. The molecule has 0 aliphatic carbocycles. The van der Waals surface area contributed by atoms with E-state index >= 15 is 0 Å². The van der Waals surface area contributed by atoms with Gasteiger partial charge in [-0.15, -0.1) is 0 Å². The molecule has 2 nitrogen and oxygen atoms in total. The van der Waals surface area contributed by atoms with Gasteiger partial charge in [0.1, 0.15) is 6.23 Å². The third-order valence-electron chi connectivity index (χ3n) is 3.13. The van der Waals surface area contributed by atoms with E-state index < -0.39 is 0 Å². The van der Waals surface area contributed by atoms with E-state index in [9.17, 15) is 0 Å². The normalized spacial score (nSPS) is 33.5. The van der Waals surface area contributed by atoms with Crippen LogP contribution in [0.15, 0.2) is 30.3 Å². The molecule has 1 aliphatic heterocycles. The van der Waals surface area contributed by atoms with Crippen molar-refractivity contribution in [1.82, 2.24) is 4.90 Å². The Hall–Kier alpha value is -0.860. The van der Waals surface area contributed by atoms with Gasteiger partial charge in [-0.05, 0) is 26.5 Å². The first-order valence-corrected chi connectivity index (χ1v) is 5.12. The van der Waals surface area contributed by atoms with Crippen molar-refractivity contribution in [2.24, 2.45) is 0 Å². The molecule has 0 spiro atoms. The highest BCUT2D eigenvalue weighted by molar-refractivity contribution is 5.20. The monoisotopic (exact) mass is 191 g/mol. The van der Waals surface area contributed by atoms with Crippen LogP contribution in [0.25, 0.3) is 0 Å². The van der Waals surface area contributed by atoms with Crippen molar-refractivity contribution < 1.29 is 4.74 Å². The van der Waals surface area contributed by atoms with E-state index in [1.165, 1.54) is 5.56 Å². The lowest BCUT2D eigenvalue weighted by molar-refractivity contribution is 0.0208. The maximum atomic E-state index is 5.90. The lowest BCUT2D eigenvalue weighted by atomic mass is 10.0. The fourth-order valence-corrected chi connectivity index (χ4v) is 1.97. The van der Waals surface area contributed by atoms with E-state index in [-0.39, 0.29) is 12.3 Å². The Morgan fingerprint density at radius 1 is 1.14 bits per heavy atom. The van der Waals surface area contributed by atoms with Gasteiger partial charge in [-0.2, -0.15) is 0 Å². The Labute approximate surface area is 85.5 Å². The number of rotatable bonds is 1. The number of hydrogen-bond acceptors (Lipinski definition) is 2. The molecule has 1 aromatic carbocycles. The van der Waals surface area contributed by atoms with Crippen molar-refractivity contribution in [3.8, 4) is 0 Å². The molecule has 76 valence electrons. The van der Waals surface area contributed by atoms with E-state index in [4.69, 9.17) is 4.74 Å². The Kier molecular flexibility index (Phi) is 2.57. The fraction of sp³-hybridized carbons (Fsp3) is 0.500. The molecule has 2 rings (SSSR count). The Morgan fingerprint density at radius 2 is 1.79 bits per heavy atom. The molecule has 1 aromatic rings. The molecule has 0 saturated carbocycles. The van der Waals surface area contributed by atoms with Crippen molar-refractivity contribution in [2.45, 2.75) is 32.2 Å². The van der Waals surface area contributed by atoms with Gasteiger partial charge in [0.2, 0.25) is 0 Å². The van der Waals surface area contributed by atoms with E-state index in [0.717, 1.165) is 0 Å². The van der Waals surface area contributed by atoms with Crippen LogP contribution in [-0.2, 0) is 4.74 Å². The molecule has 1 heterocycles. The highest BCUT2D eigenvalue weighted by Gasteiger charge is 2.34. The molecule has 2 heteroatoms. The minimum Gasteiger partial charge on any atom is -0.354 e. The molecule has 0 radical (unpaired) electrons. The standard InChI is InChI=1S/C12H17NO/c1-9-12(14-10(2)13(9)3)11-7-5-4-6-8-11/h4-10,12H,1-3H3/t9-,10+,12+/m1/s1. The van der Waals surface area contributed by atoms with Gasteiger partial charge in [0.15, 0.2) is 0 Å². The average molecular weight is 191 g/mol. The van der Waals surface area contributed by atoms with Crippen molar-refractivity contribution >= 4 is 0 Å². The Morgan fingerprint density at radius 3 is 2.29 bits per heavy atom. The van der Waals surface area contributed by atoms with Crippen LogP contribution in [0, 0.1) is 0 Å². The van der Waals surface area contributed by atoms with E-state index in [2.05, 4.69) is 50.1 Å².